The topological polar surface area (TPSA) is 175 Å². The zero-order chi connectivity index (χ0) is 55.4. The summed E-state index contributed by atoms with van der Waals surface area (Å²) in [6, 6.07) is 17.3. The predicted octanol–water partition coefficient (Wildman–Crippen LogP) is 10.0. The monoisotopic (exact) mass is 1100 g/mol. The van der Waals surface area contributed by atoms with Crippen LogP contribution in [0.25, 0.3) is 10.4 Å². The van der Waals surface area contributed by atoms with Crippen molar-refractivity contribution in [1.82, 2.24) is 45.0 Å². The van der Waals surface area contributed by atoms with Crippen LogP contribution in [0.2, 0.25) is 0 Å². The zero-order valence-electron chi connectivity index (χ0n) is 45.8. The number of aliphatic hydroxyl groups is 1. The summed E-state index contributed by atoms with van der Waals surface area (Å²) in [6.07, 6.45) is 6.35. The van der Waals surface area contributed by atoms with Gasteiger partial charge in [0.25, 0.3) is 5.82 Å². The first-order chi connectivity index (χ1) is 38.0. The second-order valence-electron chi connectivity index (χ2n) is 23.0. The van der Waals surface area contributed by atoms with E-state index in [0.717, 1.165) is 122 Å². The molecular weight excluding hydrogens is 1030 g/mol. The summed E-state index contributed by atoms with van der Waals surface area (Å²) >= 11 is 1.56. The fraction of sp³-hybridized carbons (Fsp3) is 0.567. The molecular formula is C60H73F3N10O5S. The first-order valence-corrected chi connectivity index (χ1v) is 29.4. The number of fused-ring (bicyclic) bond motifs is 1. The van der Waals surface area contributed by atoms with E-state index in [9.17, 15) is 32.7 Å². The van der Waals surface area contributed by atoms with Crippen molar-refractivity contribution in [3.63, 3.8) is 0 Å². The van der Waals surface area contributed by atoms with Crippen molar-refractivity contribution in [3.05, 3.63) is 106 Å². The van der Waals surface area contributed by atoms with Crippen molar-refractivity contribution < 1.29 is 37.2 Å². The summed E-state index contributed by atoms with van der Waals surface area (Å²) in [7, 11) is 0. The number of carbonyl (C=O) groups excluding carboxylic acids is 3. The highest BCUT2D eigenvalue weighted by Crippen LogP contribution is 2.37. The maximum Gasteiger partial charge on any atom is 0.453 e. The molecule has 4 aliphatic heterocycles. The summed E-state index contributed by atoms with van der Waals surface area (Å²) in [5.74, 6) is 7.04. The summed E-state index contributed by atoms with van der Waals surface area (Å²) in [4.78, 5) is 54.3. The standard InChI is InChI=1S/C60H73F3N10O5S/c1-37(2)55(52-32-38(3)69-78-52)58(77)72-35-49(75)34-51(72)57(76)65-50(45-16-18-46(19-17-45)56-39(4)64-36-79-56)33-48(74)21-13-40-6-5-7-47(20-12-40)70-28-24-42(25-29-70)9-8-41-10-14-43(15-11-41)44-26-30-71(31-27-44)54-23-22-53-66-67-59(60(61,62)63)73(53)68-54/h10-11,14-19,32,36-37,40,42,44,47,49-51,55,75H,5-7,12-13,20-31,33-35H2,1-4H3,(H,65,76)/t40?,47?,49-,50?,51+,55-/m1/s1. The molecule has 2 aromatic carbocycles. The number of rotatable bonds is 14. The minimum Gasteiger partial charge on any atom is -0.391 e. The lowest BCUT2D eigenvalue weighted by atomic mass is 9.88. The van der Waals surface area contributed by atoms with Crippen LogP contribution < -0.4 is 5.32 Å². The van der Waals surface area contributed by atoms with Crippen LogP contribution in [0.5, 0.6) is 0 Å². The number of carbonyl (C=O) groups is 3. The quantitative estimate of drug-likeness (QED) is 0.0800. The molecule has 420 valence electrons. The third-order valence-corrected chi connectivity index (χ3v) is 18.1. The van der Waals surface area contributed by atoms with Gasteiger partial charge in [-0.05, 0) is 125 Å². The van der Waals surface area contributed by atoms with Gasteiger partial charge in [0.15, 0.2) is 5.82 Å². The minimum absolute atomic E-state index is 0.0235. The molecule has 15 nitrogen and oxygen atoms in total. The lowest BCUT2D eigenvalue weighted by molar-refractivity contribution is -0.147. The summed E-state index contributed by atoms with van der Waals surface area (Å²) in [6.45, 7) is 11.2. The molecule has 0 radical (unpaired) electrons. The highest BCUT2D eigenvalue weighted by Gasteiger charge is 2.44. The van der Waals surface area contributed by atoms with Gasteiger partial charge < -0.3 is 29.6 Å². The second-order valence-corrected chi connectivity index (χ2v) is 23.8. The Bertz CT molecular complexity index is 3020. The number of hydrogen-bond acceptors (Lipinski definition) is 13. The van der Waals surface area contributed by atoms with Gasteiger partial charge in [0.2, 0.25) is 11.8 Å². The number of amides is 2. The number of aliphatic hydroxyl groups excluding tert-OH is 1. The van der Waals surface area contributed by atoms with Crippen molar-refractivity contribution in [1.29, 1.82) is 0 Å². The molecule has 6 atom stereocenters. The van der Waals surface area contributed by atoms with Crippen molar-refractivity contribution in [2.75, 3.05) is 32.7 Å². The van der Waals surface area contributed by atoms with Crippen molar-refractivity contribution >= 4 is 34.8 Å². The van der Waals surface area contributed by atoms with Gasteiger partial charge >= 0.3 is 6.18 Å². The molecule has 1 aliphatic carbocycles. The van der Waals surface area contributed by atoms with Gasteiger partial charge in [0.1, 0.15) is 29.3 Å². The molecule has 79 heavy (non-hydrogen) atoms. The first kappa shape index (κ1) is 56.1. The smallest absolute Gasteiger partial charge is 0.391 e. The van der Waals surface area contributed by atoms with Gasteiger partial charge in [-0.3, -0.25) is 14.4 Å². The lowest BCUT2D eigenvalue weighted by Crippen LogP contribution is -2.49. The number of aromatic nitrogens is 5. The van der Waals surface area contributed by atoms with Gasteiger partial charge in [-0.1, -0.05) is 80.1 Å². The predicted molar refractivity (Wildman–Crippen MR) is 295 cm³/mol. The Hall–Kier alpha value is -6.23. The minimum atomic E-state index is -4.61. The highest BCUT2D eigenvalue weighted by molar-refractivity contribution is 7.13. The zero-order valence-corrected chi connectivity index (χ0v) is 46.6. The van der Waals surface area contributed by atoms with Crippen molar-refractivity contribution in [2.45, 2.75) is 166 Å². The van der Waals surface area contributed by atoms with E-state index in [4.69, 9.17) is 4.52 Å². The first-order valence-electron chi connectivity index (χ1n) is 28.5. The molecule has 7 heterocycles. The summed E-state index contributed by atoms with van der Waals surface area (Å²) in [5.41, 5.74) is 7.49. The Balaban J connectivity index is 0.689. The van der Waals surface area contributed by atoms with Crippen molar-refractivity contribution in [2.24, 2.45) is 22.9 Å². The van der Waals surface area contributed by atoms with Gasteiger partial charge in [-0.15, -0.1) is 21.5 Å². The van der Waals surface area contributed by atoms with E-state index in [1.165, 1.54) is 10.5 Å². The molecule has 5 aromatic rings. The molecule has 0 spiro atoms. The number of piperidine rings is 2. The number of likely N-dealkylation sites (tertiary alicyclic amines) is 3. The molecule has 2 N–H and O–H groups in total. The van der Waals surface area contributed by atoms with Gasteiger partial charge in [0.05, 0.1) is 33.9 Å². The van der Waals surface area contributed by atoms with Gasteiger partial charge in [-0.25, -0.2) is 4.98 Å². The number of thiazole rings is 1. The average Bonchev–Trinajstić information content (AvgIpc) is 4.41. The van der Waals surface area contributed by atoms with Crippen LogP contribution in [0, 0.1) is 43.4 Å². The number of alkyl halides is 3. The SMILES string of the molecule is Cc1cc([C@H](C(=O)N2C[C@H](O)C[C@H]2C(=O)NC(CC(=O)CCC2CCCC(N3CCC(C#Cc4ccc(C5CCN(C6=Nn7c(nnc7C(F)(F)F)CC6)CC5)cc4)CC3)CC2)c2ccc(-c3scnc3C)cc2)C(C)C)on1. The van der Waals surface area contributed by atoms with Crippen LogP contribution in [0.3, 0.4) is 0 Å². The fourth-order valence-corrected chi connectivity index (χ4v) is 13.5. The number of ketones is 1. The van der Waals surface area contributed by atoms with Crippen LogP contribution in [-0.2, 0) is 27.0 Å². The van der Waals surface area contributed by atoms with E-state index in [-0.39, 0.29) is 42.8 Å². The van der Waals surface area contributed by atoms with E-state index in [1.54, 1.807) is 24.3 Å². The number of aryl methyl sites for hydroxylation is 3. The number of β-amino-alcohol motifs (C(OH)–C–C–N with tert-alkyl or cyclic N) is 1. The highest BCUT2D eigenvalue weighted by atomic mass is 32.1. The molecule has 4 fully saturated rings. The number of nitrogens with one attached hydrogen (secondary N) is 1. The molecule has 3 saturated heterocycles. The van der Waals surface area contributed by atoms with E-state index < -0.39 is 42.0 Å². The lowest BCUT2D eigenvalue weighted by Gasteiger charge is -2.36. The molecule has 2 amide bonds. The van der Waals surface area contributed by atoms with Crippen LogP contribution in [0.4, 0.5) is 13.2 Å². The number of halogens is 3. The van der Waals surface area contributed by atoms with Crippen molar-refractivity contribution in [3.8, 4) is 22.3 Å². The van der Waals surface area contributed by atoms with Crippen LogP contribution in [-0.4, -0.2) is 119 Å². The maximum atomic E-state index is 14.3. The Morgan fingerprint density at radius 3 is 2.35 bits per heavy atom. The Labute approximate surface area is 464 Å². The van der Waals surface area contributed by atoms with E-state index in [0.29, 0.717) is 60.3 Å². The molecule has 1 saturated carbocycles. The molecule has 5 aliphatic rings. The number of benzene rings is 2. The van der Waals surface area contributed by atoms with Crippen LogP contribution in [0.15, 0.2) is 69.7 Å². The van der Waals surface area contributed by atoms with Gasteiger partial charge in [-0.2, -0.15) is 22.9 Å². The normalized spacial score (nSPS) is 22.4. The summed E-state index contributed by atoms with van der Waals surface area (Å²) < 4.78 is 46.8. The van der Waals surface area contributed by atoms with E-state index >= 15 is 0 Å². The maximum absolute atomic E-state index is 14.3. The van der Waals surface area contributed by atoms with E-state index in [2.05, 4.69) is 76.7 Å². The second kappa shape index (κ2) is 24.6. The van der Waals surface area contributed by atoms with Crippen LogP contribution >= 0.6 is 11.3 Å². The van der Waals surface area contributed by atoms with Gasteiger partial charge in [0, 0.05) is 75.3 Å². The Morgan fingerprint density at radius 1 is 0.911 bits per heavy atom. The third kappa shape index (κ3) is 13.4. The Morgan fingerprint density at radius 2 is 1.67 bits per heavy atom. The van der Waals surface area contributed by atoms with E-state index in [1.807, 2.05) is 50.5 Å². The molecule has 10 rings (SSSR count). The number of nitrogens with zero attached hydrogens (tertiary/aromatic N) is 9. The largest absolute Gasteiger partial charge is 0.453 e. The van der Waals surface area contributed by atoms with Crippen LogP contribution in [0.1, 0.15) is 167 Å². The molecule has 3 unspecified atom stereocenters. The third-order valence-electron chi connectivity index (χ3n) is 17.2. The Kier molecular flexibility index (Phi) is 17.5. The molecule has 19 heteroatoms. The number of hydrogen-bond donors (Lipinski definition) is 2. The fourth-order valence-electron chi connectivity index (χ4n) is 12.7. The molecule has 3 aromatic heterocycles. The molecule has 0 bridgehead atoms. The number of amidine groups is 1. The summed E-state index contributed by atoms with van der Waals surface area (Å²) in [5, 5.41) is 29.4. The number of Topliss-reactive ketones (excluding diaryl/α,β-unsaturated/α-hetero) is 1. The average molecular weight is 1100 g/mol.